The number of ketones is 1. The van der Waals surface area contributed by atoms with Crippen LogP contribution in [0.5, 0.6) is 0 Å². The molecule has 2 aliphatic rings. The van der Waals surface area contributed by atoms with Crippen molar-refractivity contribution < 1.29 is 29.0 Å². The van der Waals surface area contributed by atoms with Crippen molar-refractivity contribution in [2.45, 2.75) is 44.2 Å². The van der Waals surface area contributed by atoms with Crippen molar-refractivity contribution in [1.29, 1.82) is 0 Å². The van der Waals surface area contributed by atoms with Crippen LogP contribution in [-0.4, -0.2) is 47.1 Å². The number of benzene rings is 2. The quantitative estimate of drug-likeness (QED) is 0.493. The highest BCUT2D eigenvalue weighted by molar-refractivity contribution is 6.02. The molecule has 0 radical (unpaired) electrons. The van der Waals surface area contributed by atoms with Gasteiger partial charge in [-0.15, -0.1) is 0 Å². The van der Waals surface area contributed by atoms with Crippen LogP contribution in [-0.2, 0) is 25.5 Å². The molecule has 4 rings (SSSR count). The van der Waals surface area contributed by atoms with Gasteiger partial charge in [0.05, 0.1) is 5.92 Å². The van der Waals surface area contributed by atoms with Crippen LogP contribution in [0.3, 0.4) is 0 Å². The monoisotopic (exact) mass is 489 g/mol. The zero-order valence-corrected chi connectivity index (χ0v) is 20.1. The summed E-state index contributed by atoms with van der Waals surface area (Å²) in [4.78, 5) is 40.8. The maximum absolute atomic E-state index is 14.0. The van der Waals surface area contributed by atoms with Gasteiger partial charge in [-0.1, -0.05) is 67.1 Å². The van der Waals surface area contributed by atoms with E-state index in [-0.39, 0.29) is 25.4 Å². The number of cyclic esters (lactones) is 1. The molecule has 0 spiro atoms. The number of imide groups is 1. The second kappa shape index (κ2) is 12.3. The molecule has 2 aromatic rings. The van der Waals surface area contributed by atoms with Gasteiger partial charge < -0.3 is 14.6 Å². The summed E-state index contributed by atoms with van der Waals surface area (Å²) in [5.74, 6) is -1.20. The van der Waals surface area contributed by atoms with Crippen molar-refractivity contribution in [3.05, 3.63) is 95.8 Å². The predicted octanol–water partition coefficient (Wildman–Crippen LogP) is 4.53. The first kappa shape index (κ1) is 25.4. The molecule has 3 atom stereocenters. The van der Waals surface area contributed by atoms with Gasteiger partial charge in [0, 0.05) is 6.61 Å². The first-order chi connectivity index (χ1) is 17.6. The SMILES string of the molecule is O=C1C=CC(=CCCCCCO)O[C@H]1[C@H](Cc1ccccc1)C(=O)N1C(=O)OC[C@@H]1c1ccccc1. The number of aliphatic hydroxyl groups is 1. The molecule has 2 heterocycles. The predicted molar refractivity (Wildman–Crippen MR) is 134 cm³/mol. The number of nitrogens with zero attached hydrogens (tertiary/aromatic N) is 1. The Morgan fingerprint density at radius 1 is 1.00 bits per heavy atom. The van der Waals surface area contributed by atoms with E-state index in [4.69, 9.17) is 14.6 Å². The Kier molecular flexibility index (Phi) is 8.68. The van der Waals surface area contributed by atoms with Crippen LogP contribution in [0, 0.1) is 5.92 Å². The van der Waals surface area contributed by atoms with E-state index in [9.17, 15) is 14.4 Å². The van der Waals surface area contributed by atoms with Gasteiger partial charge in [-0.25, -0.2) is 9.69 Å². The summed E-state index contributed by atoms with van der Waals surface area (Å²) in [6.45, 7) is 0.223. The first-order valence-corrected chi connectivity index (χ1v) is 12.4. The summed E-state index contributed by atoms with van der Waals surface area (Å²) in [5, 5.41) is 8.95. The van der Waals surface area contributed by atoms with Crippen LogP contribution in [0.15, 0.2) is 84.7 Å². The van der Waals surface area contributed by atoms with E-state index in [1.807, 2.05) is 66.7 Å². The fourth-order valence-corrected chi connectivity index (χ4v) is 4.53. The van der Waals surface area contributed by atoms with Crippen molar-refractivity contribution >= 4 is 17.8 Å². The van der Waals surface area contributed by atoms with Gasteiger partial charge in [-0.2, -0.15) is 0 Å². The van der Waals surface area contributed by atoms with Crippen molar-refractivity contribution in [3.63, 3.8) is 0 Å². The first-order valence-electron chi connectivity index (χ1n) is 12.4. The van der Waals surface area contributed by atoms with Gasteiger partial charge in [-0.05, 0) is 55.0 Å². The molecule has 7 nitrogen and oxygen atoms in total. The normalized spacial score (nSPS) is 21.4. The number of amides is 2. The Hall–Kier alpha value is -3.71. The summed E-state index contributed by atoms with van der Waals surface area (Å²) in [6, 6.07) is 18.1. The van der Waals surface area contributed by atoms with Gasteiger partial charge in [-0.3, -0.25) is 9.59 Å². The molecule has 1 saturated heterocycles. The van der Waals surface area contributed by atoms with Crippen molar-refractivity contribution in [1.82, 2.24) is 4.90 Å². The molecule has 7 heteroatoms. The molecule has 2 aromatic carbocycles. The van der Waals surface area contributed by atoms with Gasteiger partial charge in [0.2, 0.25) is 5.91 Å². The summed E-state index contributed by atoms with van der Waals surface area (Å²) in [5.41, 5.74) is 1.65. The van der Waals surface area contributed by atoms with Crippen LogP contribution >= 0.6 is 0 Å². The molecular weight excluding hydrogens is 458 g/mol. The maximum Gasteiger partial charge on any atom is 0.417 e. The summed E-state index contributed by atoms with van der Waals surface area (Å²) in [7, 11) is 0. The summed E-state index contributed by atoms with van der Waals surface area (Å²) in [6.07, 6.45) is 6.65. The van der Waals surface area contributed by atoms with Crippen LogP contribution in [0.4, 0.5) is 4.79 Å². The molecule has 0 bridgehead atoms. The number of unbranched alkanes of at least 4 members (excludes halogenated alkanes) is 3. The molecule has 0 unspecified atom stereocenters. The fraction of sp³-hybridized carbons (Fsp3) is 0.345. The maximum atomic E-state index is 14.0. The minimum absolute atomic E-state index is 0.0605. The molecular formula is C29H31NO6. The summed E-state index contributed by atoms with van der Waals surface area (Å²) < 4.78 is 11.3. The number of aliphatic hydroxyl groups excluding tert-OH is 1. The molecule has 2 amide bonds. The van der Waals surface area contributed by atoms with E-state index in [2.05, 4.69) is 0 Å². The zero-order chi connectivity index (χ0) is 25.3. The molecule has 0 aromatic heterocycles. The number of rotatable bonds is 10. The number of carbonyl (C=O) groups is 3. The lowest BCUT2D eigenvalue weighted by Gasteiger charge is -2.31. The van der Waals surface area contributed by atoms with Gasteiger partial charge in [0.1, 0.15) is 18.4 Å². The van der Waals surface area contributed by atoms with Crippen molar-refractivity contribution in [2.24, 2.45) is 5.92 Å². The Morgan fingerprint density at radius 3 is 2.44 bits per heavy atom. The average Bonchev–Trinajstić information content (AvgIpc) is 3.30. The van der Waals surface area contributed by atoms with E-state index >= 15 is 0 Å². The molecule has 1 fully saturated rings. The third kappa shape index (κ3) is 6.10. The van der Waals surface area contributed by atoms with Crippen molar-refractivity contribution in [2.75, 3.05) is 13.2 Å². The second-order valence-corrected chi connectivity index (χ2v) is 8.96. The van der Waals surface area contributed by atoms with E-state index in [1.165, 1.54) is 6.08 Å². The topological polar surface area (TPSA) is 93.1 Å². The minimum Gasteiger partial charge on any atom is -0.482 e. The Labute approximate surface area is 211 Å². The average molecular weight is 490 g/mol. The van der Waals surface area contributed by atoms with Gasteiger partial charge in [0.25, 0.3) is 0 Å². The van der Waals surface area contributed by atoms with E-state index in [0.717, 1.165) is 41.7 Å². The van der Waals surface area contributed by atoms with Crippen LogP contribution in [0.2, 0.25) is 0 Å². The van der Waals surface area contributed by atoms with E-state index in [1.54, 1.807) is 6.08 Å². The number of hydrogen-bond donors (Lipinski definition) is 1. The number of ether oxygens (including phenoxy) is 2. The largest absolute Gasteiger partial charge is 0.482 e. The van der Waals surface area contributed by atoms with Crippen molar-refractivity contribution in [3.8, 4) is 0 Å². The minimum atomic E-state index is -1.06. The standard InChI is InChI=1S/C29H31NO6/c31-18-10-2-1-9-15-23-16-17-26(32)27(36-23)24(19-21-11-5-3-6-12-21)28(33)30-25(20-35-29(30)34)22-13-7-4-8-14-22/h3-8,11-17,24-25,27,31H,1-2,9-10,18-20H2/t24-,25+,27-/m0/s1. The fourth-order valence-electron chi connectivity index (χ4n) is 4.53. The van der Waals surface area contributed by atoms with E-state index < -0.39 is 30.1 Å². The van der Waals surface area contributed by atoms with Gasteiger partial charge in [0.15, 0.2) is 11.9 Å². The Balaban J connectivity index is 1.60. The number of hydrogen-bond acceptors (Lipinski definition) is 6. The van der Waals surface area contributed by atoms with Gasteiger partial charge >= 0.3 is 6.09 Å². The third-order valence-corrected chi connectivity index (χ3v) is 6.44. The third-order valence-electron chi connectivity index (χ3n) is 6.44. The molecule has 36 heavy (non-hydrogen) atoms. The highest BCUT2D eigenvalue weighted by Gasteiger charge is 2.46. The number of allylic oxidation sites excluding steroid dienone is 2. The molecule has 2 aliphatic heterocycles. The lowest BCUT2D eigenvalue weighted by Crippen LogP contribution is -2.47. The lowest BCUT2D eigenvalue weighted by atomic mass is 9.88. The van der Waals surface area contributed by atoms with Crippen LogP contribution in [0.25, 0.3) is 0 Å². The second-order valence-electron chi connectivity index (χ2n) is 8.96. The Bertz CT molecular complexity index is 1110. The lowest BCUT2D eigenvalue weighted by molar-refractivity contribution is -0.143. The molecule has 1 N–H and O–H groups in total. The molecule has 0 saturated carbocycles. The van der Waals surface area contributed by atoms with Crippen LogP contribution in [0.1, 0.15) is 42.9 Å². The smallest absolute Gasteiger partial charge is 0.417 e. The van der Waals surface area contributed by atoms with E-state index in [0.29, 0.717) is 5.76 Å². The molecule has 0 aliphatic carbocycles. The zero-order valence-electron chi connectivity index (χ0n) is 20.1. The molecule has 188 valence electrons. The Morgan fingerprint density at radius 2 is 1.72 bits per heavy atom. The highest BCUT2D eigenvalue weighted by Crippen LogP contribution is 2.33. The number of carbonyl (C=O) groups excluding carboxylic acids is 3. The summed E-state index contributed by atoms with van der Waals surface area (Å²) >= 11 is 0. The van der Waals surface area contributed by atoms with Crippen LogP contribution < -0.4 is 0 Å². The highest BCUT2D eigenvalue weighted by atomic mass is 16.6.